The minimum absolute atomic E-state index is 0.774. The van der Waals surface area contributed by atoms with Crippen molar-refractivity contribution >= 4 is 22.8 Å². The first-order chi connectivity index (χ1) is 10.9. The van der Waals surface area contributed by atoms with Crippen LogP contribution in [0.25, 0.3) is 22.8 Å². The molecule has 0 aliphatic rings. The van der Waals surface area contributed by atoms with Gasteiger partial charge in [-0.2, -0.15) is 0 Å². The number of pyridine rings is 1. The van der Waals surface area contributed by atoms with Crippen molar-refractivity contribution in [2.24, 2.45) is 0 Å². The lowest BCUT2D eigenvalue weighted by Gasteiger charge is -1.97. The maximum Gasteiger partial charge on any atom is 0.136 e. The predicted octanol–water partition coefficient (Wildman–Crippen LogP) is 3.53. The molecular formula is C18H14N4. The fraction of sp³-hybridized carbons (Fsp3) is 0.0556. The summed E-state index contributed by atoms with van der Waals surface area (Å²) in [5, 5.41) is 0. The fourth-order valence-corrected chi connectivity index (χ4v) is 2.44. The second kappa shape index (κ2) is 5.41. The van der Waals surface area contributed by atoms with Gasteiger partial charge in [0.25, 0.3) is 0 Å². The quantitative estimate of drug-likeness (QED) is 0.578. The van der Waals surface area contributed by atoms with E-state index in [1.807, 2.05) is 65.3 Å². The molecule has 0 bridgehead atoms. The lowest BCUT2D eigenvalue weighted by molar-refractivity contribution is 1.16. The minimum Gasteiger partial charge on any atom is -0.307 e. The van der Waals surface area contributed by atoms with E-state index in [-0.39, 0.29) is 0 Å². The largest absolute Gasteiger partial charge is 0.307 e. The number of para-hydroxylation sites is 2. The second-order valence-corrected chi connectivity index (χ2v) is 5.09. The van der Waals surface area contributed by atoms with Crippen molar-refractivity contribution in [3.05, 3.63) is 78.5 Å². The number of imidazole rings is 1. The van der Waals surface area contributed by atoms with Gasteiger partial charge < -0.3 is 4.40 Å². The molecule has 4 heteroatoms. The minimum atomic E-state index is 0.774. The summed E-state index contributed by atoms with van der Waals surface area (Å²) in [6.07, 6.45) is 10.7. The molecule has 106 valence electrons. The van der Waals surface area contributed by atoms with Crippen LogP contribution in [-0.4, -0.2) is 19.4 Å². The molecule has 0 aliphatic heterocycles. The van der Waals surface area contributed by atoms with E-state index < -0.39 is 0 Å². The molecule has 22 heavy (non-hydrogen) atoms. The summed E-state index contributed by atoms with van der Waals surface area (Å²) >= 11 is 0. The van der Waals surface area contributed by atoms with E-state index in [9.17, 15) is 0 Å². The Bertz CT molecular complexity index is 936. The van der Waals surface area contributed by atoms with Crippen molar-refractivity contribution in [1.82, 2.24) is 19.4 Å². The van der Waals surface area contributed by atoms with Crippen molar-refractivity contribution in [2.45, 2.75) is 6.42 Å². The summed E-state index contributed by atoms with van der Waals surface area (Å²) in [4.78, 5) is 13.6. The predicted molar refractivity (Wildman–Crippen MR) is 87.5 cm³/mol. The average molecular weight is 286 g/mol. The van der Waals surface area contributed by atoms with E-state index in [1.165, 1.54) is 0 Å². The molecule has 0 unspecified atom stereocenters. The Morgan fingerprint density at radius 1 is 0.955 bits per heavy atom. The van der Waals surface area contributed by atoms with Crippen molar-refractivity contribution in [2.75, 3.05) is 0 Å². The maximum atomic E-state index is 4.57. The maximum absolute atomic E-state index is 4.57. The first-order valence-corrected chi connectivity index (χ1v) is 7.19. The average Bonchev–Trinajstić information content (AvgIpc) is 2.97. The summed E-state index contributed by atoms with van der Waals surface area (Å²) in [7, 11) is 0. The number of rotatable bonds is 3. The van der Waals surface area contributed by atoms with Gasteiger partial charge in [-0.25, -0.2) is 9.97 Å². The van der Waals surface area contributed by atoms with Gasteiger partial charge in [0.1, 0.15) is 5.65 Å². The van der Waals surface area contributed by atoms with Crippen LogP contribution in [0.1, 0.15) is 11.4 Å². The summed E-state index contributed by atoms with van der Waals surface area (Å²) in [6, 6.07) is 13.9. The first-order valence-electron chi connectivity index (χ1n) is 7.19. The Morgan fingerprint density at radius 2 is 1.82 bits per heavy atom. The second-order valence-electron chi connectivity index (χ2n) is 5.09. The highest BCUT2D eigenvalue weighted by Gasteiger charge is 1.99. The fourth-order valence-electron chi connectivity index (χ4n) is 2.44. The van der Waals surface area contributed by atoms with Gasteiger partial charge in [0.15, 0.2) is 0 Å². The van der Waals surface area contributed by atoms with Crippen LogP contribution in [0, 0.1) is 0 Å². The monoisotopic (exact) mass is 286 g/mol. The Hall–Kier alpha value is -3.01. The van der Waals surface area contributed by atoms with E-state index >= 15 is 0 Å². The van der Waals surface area contributed by atoms with Gasteiger partial charge in [0.05, 0.1) is 28.6 Å². The number of hydrogen-bond acceptors (Lipinski definition) is 3. The SMILES string of the molecule is C(=C\c1cnc2ccccc2n1)/Cc1cn2ccccc2n1. The Labute approximate surface area is 127 Å². The highest BCUT2D eigenvalue weighted by atomic mass is 15.0. The molecule has 4 nitrogen and oxygen atoms in total. The highest BCUT2D eigenvalue weighted by molar-refractivity contribution is 5.74. The van der Waals surface area contributed by atoms with Gasteiger partial charge >= 0.3 is 0 Å². The molecule has 4 aromatic rings. The van der Waals surface area contributed by atoms with Crippen molar-refractivity contribution in [3.63, 3.8) is 0 Å². The van der Waals surface area contributed by atoms with Gasteiger partial charge in [0.2, 0.25) is 0 Å². The third-order valence-corrected chi connectivity index (χ3v) is 3.50. The number of benzene rings is 1. The molecule has 1 aromatic carbocycles. The summed E-state index contributed by atoms with van der Waals surface area (Å²) in [5.74, 6) is 0. The molecule has 0 aliphatic carbocycles. The summed E-state index contributed by atoms with van der Waals surface area (Å²) < 4.78 is 2.03. The van der Waals surface area contributed by atoms with Crippen LogP contribution in [0.3, 0.4) is 0 Å². The number of nitrogens with zero attached hydrogens (tertiary/aromatic N) is 4. The van der Waals surface area contributed by atoms with E-state index in [1.54, 1.807) is 6.20 Å². The zero-order valence-electron chi connectivity index (χ0n) is 11.9. The molecule has 0 N–H and O–H groups in total. The number of fused-ring (bicyclic) bond motifs is 2. The van der Waals surface area contributed by atoms with Gasteiger partial charge in [-0.05, 0) is 30.3 Å². The summed E-state index contributed by atoms with van der Waals surface area (Å²) in [5.41, 5.74) is 4.70. The number of aromatic nitrogens is 4. The van der Waals surface area contributed by atoms with Crippen LogP contribution >= 0.6 is 0 Å². The molecule has 0 atom stereocenters. The topological polar surface area (TPSA) is 43.1 Å². The molecule has 4 rings (SSSR count). The van der Waals surface area contributed by atoms with Crippen molar-refractivity contribution < 1.29 is 0 Å². The van der Waals surface area contributed by atoms with Gasteiger partial charge in [-0.1, -0.05) is 24.3 Å². The lowest BCUT2D eigenvalue weighted by atomic mass is 10.2. The van der Waals surface area contributed by atoms with Crippen LogP contribution in [-0.2, 0) is 6.42 Å². The molecule has 0 fully saturated rings. The van der Waals surface area contributed by atoms with E-state index in [4.69, 9.17) is 0 Å². The molecule has 0 amide bonds. The molecule has 3 aromatic heterocycles. The van der Waals surface area contributed by atoms with Crippen molar-refractivity contribution in [3.8, 4) is 0 Å². The van der Waals surface area contributed by atoms with Gasteiger partial charge in [-0.3, -0.25) is 4.98 Å². The van der Waals surface area contributed by atoms with Crippen LogP contribution in [0.15, 0.2) is 67.1 Å². The number of hydrogen-bond donors (Lipinski definition) is 0. The Morgan fingerprint density at radius 3 is 2.73 bits per heavy atom. The van der Waals surface area contributed by atoms with Crippen LogP contribution in [0.5, 0.6) is 0 Å². The standard InChI is InChI=1S/C18H14N4/c1-2-9-17-16(8-1)19-12-14(20-17)6-5-7-15-13-22-11-4-3-10-18(22)21-15/h1-6,8-13H,7H2/b6-5+. The normalized spacial score (nSPS) is 11.6. The molecule has 0 saturated heterocycles. The molecule has 0 spiro atoms. The van der Waals surface area contributed by atoms with Crippen LogP contribution < -0.4 is 0 Å². The van der Waals surface area contributed by atoms with E-state index in [0.717, 1.165) is 34.5 Å². The van der Waals surface area contributed by atoms with Crippen LogP contribution in [0.4, 0.5) is 0 Å². The third-order valence-electron chi connectivity index (χ3n) is 3.50. The Balaban J connectivity index is 1.55. The zero-order valence-corrected chi connectivity index (χ0v) is 11.9. The van der Waals surface area contributed by atoms with E-state index in [0.29, 0.717) is 0 Å². The van der Waals surface area contributed by atoms with Gasteiger partial charge in [-0.15, -0.1) is 0 Å². The highest BCUT2D eigenvalue weighted by Crippen LogP contribution is 2.10. The van der Waals surface area contributed by atoms with Crippen LogP contribution in [0.2, 0.25) is 0 Å². The molecule has 0 saturated carbocycles. The smallest absolute Gasteiger partial charge is 0.136 e. The van der Waals surface area contributed by atoms with E-state index in [2.05, 4.69) is 21.0 Å². The lowest BCUT2D eigenvalue weighted by Crippen LogP contribution is -1.87. The van der Waals surface area contributed by atoms with Gasteiger partial charge in [0, 0.05) is 18.8 Å². The summed E-state index contributed by atoms with van der Waals surface area (Å²) in [6.45, 7) is 0. The zero-order chi connectivity index (χ0) is 14.8. The third kappa shape index (κ3) is 2.46. The first kappa shape index (κ1) is 12.7. The molecule has 3 heterocycles. The Kier molecular flexibility index (Phi) is 3.12. The molecular weight excluding hydrogens is 272 g/mol. The van der Waals surface area contributed by atoms with Crippen molar-refractivity contribution in [1.29, 1.82) is 0 Å². The molecule has 0 radical (unpaired) electrons. The number of allylic oxidation sites excluding steroid dienone is 1.